The largest absolute Gasteiger partial charge is 0.331 e. The van der Waals surface area contributed by atoms with Gasteiger partial charge < -0.3 is 4.90 Å². The molecule has 0 saturated carbocycles. The highest BCUT2D eigenvalue weighted by Crippen LogP contribution is 2.24. The van der Waals surface area contributed by atoms with Crippen molar-refractivity contribution in [3.05, 3.63) is 35.2 Å². The Morgan fingerprint density at radius 2 is 1.93 bits per heavy atom. The molecule has 0 atom stereocenters. The summed E-state index contributed by atoms with van der Waals surface area (Å²) in [5.74, 6) is 0. The first-order valence-corrected chi connectivity index (χ1v) is 6.60. The Bertz CT molecular complexity index is 454. The first-order chi connectivity index (χ1) is 7.43. The van der Waals surface area contributed by atoms with Crippen molar-refractivity contribution in [1.82, 2.24) is 0 Å². The highest BCUT2D eigenvalue weighted by molar-refractivity contribution is 7.17. The highest BCUT2D eigenvalue weighted by atomic mass is 32.1. The van der Waals surface area contributed by atoms with E-state index in [1.807, 2.05) is 11.3 Å². The standard InChI is InChI=1S/C13H15NS/c1-2-6-13-12(5-1)11(10-15-13)9-14-7-3-4-8-14/h1-2,5-6,10H,3-4,7-9H2/p+1. The first kappa shape index (κ1) is 9.37. The van der Waals surface area contributed by atoms with Crippen LogP contribution in [0.4, 0.5) is 0 Å². The molecule has 0 unspecified atom stereocenters. The minimum atomic E-state index is 1.23. The van der Waals surface area contributed by atoms with E-state index >= 15 is 0 Å². The molecule has 3 rings (SSSR count). The maximum Gasteiger partial charge on any atom is 0.104 e. The number of hydrogen-bond acceptors (Lipinski definition) is 1. The van der Waals surface area contributed by atoms with Crippen molar-refractivity contribution in [3.8, 4) is 0 Å². The molecular weight excluding hydrogens is 202 g/mol. The zero-order valence-corrected chi connectivity index (χ0v) is 9.65. The van der Waals surface area contributed by atoms with Crippen LogP contribution >= 0.6 is 11.3 Å². The molecule has 78 valence electrons. The predicted octanol–water partition coefficient (Wildman–Crippen LogP) is 2.08. The van der Waals surface area contributed by atoms with Gasteiger partial charge in [0.05, 0.1) is 13.1 Å². The van der Waals surface area contributed by atoms with Crippen LogP contribution in [0.25, 0.3) is 10.1 Å². The fourth-order valence-electron chi connectivity index (χ4n) is 2.49. The van der Waals surface area contributed by atoms with Crippen molar-refractivity contribution in [2.24, 2.45) is 0 Å². The molecular formula is C13H16NS+. The Morgan fingerprint density at radius 3 is 2.80 bits per heavy atom. The maximum absolute atomic E-state index is 2.34. The molecule has 2 heterocycles. The molecule has 1 aliphatic rings. The zero-order chi connectivity index (χ0) is 10.1. The molecule has 1 nitrogen and oxygen atoms in total. The summed E-state index contributed by atoms with van der Waals surface area (Å²) in [4.78, 5) is 1.76. The molecule has 0 bridgehead atoms. The van der Waals surface area contributed by atoms with Crippen molar-refractivity contribution in [3.63, 3.8) is 0 Å². The lowest BCUT2D eigenvalue weighted by Gasteiger charge is -2.10. The van der Waals surface area contributed by atoms with E-state index in [1.165, 1.54) is 42.6 Å². The third-order valence-electron chi connectivity index (χ3n) is 3.31. The third kappa shape index (κ3) is 1.80. The number of fused-ring (bicyclic) bond motifs is 1. The molecule has 2 aromatic rings. The number of thiophene rings is 1. The Kier molecular flexibility index (Phi) is 2.47. The lowest BCUT2D eigenvalue weighted by molar-refractivity contribution is -0.901. The molecule has 1 aliphatic heterocycles. The van der Waals surface area contributed by atoms with Gasteiger partial charge in [-0.2, -0.15) is 0 Å². The molecule has 2 heteroatoms. The van der Waals surface area contributed by atoms with Crippen LogP contribution in [0.2, 0.25) is 0 Å². The molecule has 0 aliphatic carbocycles. The van der Waals surface area contributed by atoms with Crippen molar-refractivity contribution in [2.75, 3.05) is 13.1 Å². The molecule has 1 aromatic carbocycles. The summed E-state index contributed by atoms with van der Waals surface area (Å²) in [5.41, 5.74) is 1.55. The van der Waals surface area contributed by atoms with E-state index in [-0.39, 0.29) is 0 Å². The van der Waals surface area contributed by atoms with Gasteiger partial charge in [0.1, 0.15) is 6.54 Å². The number of benzene rings is 1. The summed E-state index contributed by atoms with van der Waals surface area (Å²) >= 11 is 1.88. The maximum atomic E-state index is 2.34. The molecule has 1 aromatic heterocycles. The van der Waals surface area contributed by atoms with Crippen molar-refractivity contribution in [1.29, 1.82) is 0 Å². The first-order valence-electron chi connectivity index (χ1n) is 5.72. The van der Waals surface area contributed by atoms with Gasteiger partial charge in [0.15, 0.2) is 0 Å². The zero-order valence-electron chi connectivity index (χ0n) is 8.83. The summed E-state index contributed by atoms with van der Waals surface area (Å²) in [6.45, 7) is 3.96. The fourth-order valence-corrected chi connectivity index (χ4v) is 3.45. The molecule has 1 saturated heterocycles. The number of rotatable bonds is 2. The highest BCUT2D eigenvalue weighted by Gasteiger charge is 2.17. The van der Waals surface area contributed by atoms with Crippen LogP contribution < -0.4 is 4.90 Å². The summed E-state index contributed by atoms with van der Waals surface area (Å²) in [5, 5.41) is 3.82. The van der Waals surface area contributed by atoms with E-state index in [1.54, 1.807) is 10.5 Å². The van der Waals surface area contributed by atoms with E-state index < -0.39 is 0 Å². The second-order valence-electron chi connectivity index (χ2n) is 4.39. The van der Waals surface area contributed by atoms with Gasteiger partial charge in [0.2, 0.25) is 0 Å². The van der Waals surface area contributed by atoms with Crippen molar-refractivity contribution >= 4 is 21.4 Å². The van der Waals surface area contributed by atoms with Gasteiger partial charge >= 0.3 is 0 Å². The Hall–Kier alpha value is -0.860. The minimum absolute atomic E-state index is 1.23. The molecule has 1 N–H and O–H groups in total. The Labute approximate surface area is 94.3 Å². The molecule has 0 spiro atoms. The van der Waals surface area contributed by atoms with E-state index in [4.69, 9.17) is 0 Å². The smallest absolute Gasteiger partial charge is 0.104 e. The van der Waals surface area contributed by atoms with Gasteiger partial charge in [0.25, 0.3) is 0 Å². The van der Waals surface area contributed by atoms with Crippen LogP contribution in [0.3, 0.4) is 0 Å². The number of nitrogens with one attached hydrogen (secondary N) is 1. The van der Waals surface area contributed by atoms with Crippen LogP contribution in [0.5, 0.6) is 0 Å². The van der Waals surface area contributed by atoms with Crippen molar-refractivity contribution in [2.45, 2.75) is 19.4 Å². The Morgan fingerprint density at radius 1 is 1.13 bits per heavy atom. The SMILES string of the molecule is c1ccc2c(C[NH+]3CCCC3)csc2c1. The van der Waals surface area contributed by atoms with E-state index in [0.717, 1.165) is 0 Å². The van der Waals surface area contributed by atoms with Crippen LogP contribution in [0.1, 0.15) is 18.4 Å². The molecule has 15 heavy (non-hydrogen) atoms. The van der Waals surface area contributed by atoms with Crippen LogP contribution in [-0.2, 0) is 6.54 Å². The molecule has 0 amide bonds. The second-order valence-corrected chi connectivity index (χ2v) is 5.30. The van der Waals surface area contributed by atoms with Crippen LogP contribution in [-0.4, -0.2) is 13.1 Å². The number of quaternary nitrogens is 1. The molecule has 1 fully saturated rings. The van der Waals surface area contributed by atoms with Gasteiger partial charge in [-0.15, -0.1) is 11.3 Å². The molecule has 0 radical (unpaired) electrons. The average Bonchev–Trinajstić information content (AvgIpc) is 2.89. The Balaban J connectivity index is 1.90. The normalized spacial score (nSPS) is 17.6. The number of hydrogen-bond donors (Lipinski definition) is 1. The summed E-state index contributed by atoms with van der Waals surface area (Å²) < 4.78 is 1.44. The van der Waals surface area contributed by atoms with Gasteiger partial charge in [0, 0.05) is 33.9 Å². The van der Waals surface area contributed by atoms with Crippen LogP contribution in [0.15, 0.2) is 29.6 Å². The van der Waals surface area contributed by atoms with Crippen molar-refractivity contribution < 1.29 is 4.90 Å². The van der Waals surface area contributed by atoms with E-state index in [9.17, 15) is 0 Å². The summed E-state index contributed by atoms with van der Waals surface area (Å²) in [6, 6.07) is 8.77. The minimum Gasteiger partial charge on any atom is -0.331 e. The fraction of sp³-hybridized carbons (Fsp3) is 0.385. The monoisotopic (exact) mass is 218 g/mol. The van der Waals surface area contributed by atoms with Gasteiger partial charge in [-0.1, -0.05) is 18.2 Å². The lowest BCUT2D eigenvalue weighted by atomic mass is 10.2. The van der Waals surface area contributed by atoms with E-state index in [2.05, 4.69) is 29.6 Å². The predicted molar refractivity (Wildman–Crippen MR) is 65.5 cm³/mol. The van der Waals surface area contributed by atoms with E-state index in [0.29, 0.717) is 0 Å². The summed E-state index contributed by atoms with van der Waals surface area (Å²) in [6.07, 6.45) is 2.83. The average molecular weight is 218 g/mol. The summed E-state index contributed by atoms with van der Waals surface area (Å²) in [7, 11) is 0. The van der Waals surface area contributed by atoms with Crippen LogP contribution in [0, 0.1) is 0 Å². The quantitative estimate of drug-likeness (QED) is 0.787. The van der Waals surface area contributed by atoms with Gasteiger partial charge in [-0.3, -0.25) is 0 Å². The van der Waals surface area contributed by atoms with Gasteiger partial charge in [-0.25, -0.2) is 0 Å². The lowest BCUT2D eigenvalue weighted by Crippen LogP contribution is -3.08. The topological polar surface area (TPSA) is 4.44 Å². The van der Waals surface area contributed by atoms with Gasteiger partial charge in [-0.05, 0) is 6.07 Å². The second kappa shape index (κ2) is 3.95. The third-order valence-corrected chi connectivity index (χ3v) is 4.32. The number of likely N-dealkylation sites (tertiary alicyclic amines) is 1.